The van der Waals surface area contributed by atoms with E-state index in [-0.39, 0.29) is 13.0 Å². The van der Waals surface area contributed by atoms with E-state index in [1.165, 1.54) is 11.8 Å². The lowest BCUT2D eigenvalue weighted by Crippen LogP contribution is -2.53. The fourth-order valence-electron chi connectivity index (χ4n) is 3.34. The predicted octanol–water partition coefficient (Wildman–Crippen LogP) is 2.54. The van der Waals surface area contributed by atoms with Crippen molar-refractivity contribution < 1.29 is 32.3 Å². The highest BCUT2D eigenvalue weighted by Gasteiger charge is 2.48. The molecule has 0 aliphatic carbocycles. The van der Waals surface area contributed by atoms with Gasteiger partial charge in [0.1, 0.15) is 6.10 Å². The Morgan fingerprint density at radius 1 is 1.33 bits per heavy atom. The second kappa shape index (κ2) is 9.21. The first-order valence-corrected chi connectivity index (χ1v) is 12.3. The van der Waals surface area contributed by atoms with Crippen molar-refractivity contribution in [2.75, 3.05) is 24.3 Å². The number of nitrogens with zero attached hydrogens (tertiary/aromatic N) is 1. The molecule has 2 amide bonds. The molecule has 3 rings (SSSR count). The van der Waals surface area contributed by atoms with E-state index in [2.05, 4.69) is 21.4 Å². The van der Waals surface area contributed by atoms with Gasteiger partial charge in [0.2, 0.25) is 0 Å². The molecule has 166 valence electrons. The summed E-state index contributed by atoms with van der Waals surface area (Å²) in [4.78, 5) is 31.8. The number of nitrogens with one attached hydrogen (secondary N) is 1. The number of carbonyl (C=O) groups is 2. The van der Waals surface area contributed by atoms with Crippen molar-refractivity contribution >= 4 is 43.5 Å². The third-order valence-electron chi connectivity index (χ3n) is 5.35. The summed E-state index contributed by atoms with van der Waals surface area (Å²) in [6.45, 7) is 1.96. The first-order chi connectivity index (χ1) is 14.1. The number of cyclic esters (lactones) is 1. The molecule has 30 heavy (non-hydrogen) atoms. The second-order valence-corrected chi connectivity index (χ2v) is 11.0. The van der Waals surface area contributed by atoms with Crippen molar-refractivity contribution in [2.24, 2.45) is 0 Å². The normalized spacial score (nSPS) is 24.2. The first kappa shape index (κ1) is 23.0. The largest absolute Gasteiger partial charge is 0.444 e. The monoisotopic (exact) mass is 504 g/mol. The number of carbonyl (C=O) groups excluding carboxylic acids is 2. The van der Waals surface area contributed by atoms with E-state index in [9.17, 15) is 18.0 Å². The van der Waals surface area contributed by atoms with Crippen LogP contribution >= 0.6 is 15.9 Å². The van der Waals surface area contributed by atoms with E-state index in [1.807, 2.05) is 0 Å². The van der Waals surface area contributed by atoms with Crippen LogP contribution in [-0.2, 0) is 28.9 Å². The number of hydroxylamine groups is 1. The van der Waals surface area contributed by atoms with Crippen molar-refractivity contribution in [1.82, 2.24) is 5.48 Å². The van der Waals surface area contributed by atoms with Crippen LogP contribution in [0.1, 0.15) is 32.6 Å². The molecule has 1 aromatic rings. The highest BCUT2D eigenvalue weighted by atomic mass is 79.9. The van der Waals surface area contributed by atoms with Gasteiger partial charge in [-0.3, -0.25) is 9.69 Å². The molecule has 2 heterocycles. The summed E-state index contributed by atoms with van der Waals surface area (Å²) in [5.41, 5.74) is 2.85. The molecule has 2 fully saturated rings. The number of hydrogen-bond donors (Lipinski definition) is 1. The minimum Gasteiger partial charge on any atom is -0.444 e. The van der Waals surface area contributed by atoms with Gasteiger partial charge in [0, 0.05) is 35.9 Å². The number of ether oxygens (including phenoxy) is 2. The lowest BCUT2D eigenvalue weighted by molar-refractivity contribution is -0.201. The summed E-state index contributed by atoms with van der Waals surface area (Å²) in [6.07, 6.45) is 1.22. The number of halogens is 1. The molecule has 2 aliphatic heterocycles. The van der Waals surface area contributed by atoms with Crippen LogP contribution in [0.15, 0.2) is 28.7 Å². The molecule has 1 unspecified atom stereocenters. The van der Waals surface area contributed by atoms with Crippen molar-refractivity contribution in [3.05, 3.63) is 28.7 Å². The lowest BCUT2D eigenvalue weighted by atomic mass is 10.0. The summed E-state index contributed by atoms with van der Waals surface area (Å²) < 4.78 is 34.7. The van der Waals surface area contributed by atoms with Crippen molar-refractivity contribution in [2.45, 2.75) is 49.7 Å². The Hall–Kier alpha value is -1.69. The number of anilines is 1. The molecule has 11 heteroatoms. The lowest BCUT2D eigenvalue weighted by Gasteiger charge is -2.29. The van der Waals surface area contributed by atoms with Gasteiger partial charge in [0.05, 0.1) is 6.54 Å². The Kier molecular flexibility index (Phi) is 7.05. The second-order valence-electron chi connectivity index (χ2n) is 7.65. The van der Waals surface area contributed by atoms with Gasteiger partial charge in [0.15, 0.2) is 20.9 Å². The summed E-state index contributed by atoms with van der Waals surface area (Å²) in [5.74, 6) is -0.822. The number of amides is 2. The molecule has 3 atom stereocenters. The maximum atomic E-state index is 12.8. The molecule has 0 saturated carbocycles. The maximum absolute atomic E-state index is 12.8. The van der Waals surface area contributed by atoms with Crippen LogP contribution in [0.5, 0.6) is 0 Å². The van der Waals surface area contributed by atoms with Gasteiger partial charge >= 0.3 is 6.09 Å². The smallest absolute Gasteiger partial charge is 0.414 e. The van der Waals surface area contributed by atoms with Crippen molar-refractivity contribution in [3.63, 3.8) is 0 Å². The maximum Gasteiger partial charge on any atom is 0.414 e. The third kappa shape index (κ3) is 5.13. The zero-order valence-electron chi connectivity index (χ0n) is 16.8. The van der Waals surface area contributed by atoms with Crippen LogP contribution < -0.4 is 10.4 Å². The SMILES string of the molecule is C[C@@](C[C@H]1CN(c2ccc(Br)cc2)C(=O)O1)(C(=O)NOC1CCCCO1)S(C)(=O)=O. The Bertz CT molecular complexity index is 887. The molecule has 0 spiro atoms. The van der Waals surface area contributed by atoms with Gasteiger partial charge in [0.25, 0.3) is 5.91 Å². The molecular formula is C19H25BrN2O7S. The molecule has 0 bridgehead atoms. The Balaban J connectivity index is 1.69. The number of rotatable bonds is 7. The van der Waals surface area contributed by atoms with Gasteiger partial charge < -0.3 is 9.47 Å². The molecule has 2 aliphatic rings. The molecule has 0 aromatic heterocycles. The first-order valence-electron chi connectivity index (χ1n) is 9.61. The van der Waals surface area contributed by atoms with Crippen LogP contribution in [0.25, 0.3) is 0 Å². The fourth-order valence-corrected chi connectivity index (χ4v) is 4.47. The molecule has 1 aromatic carbocycles. The van der Waals surface area contributed by atoms with E-state index >= 15 is 0 Å². The minimum absolute atomic E-state index is 0.130. The quantitative estimate of drug-likeness (QED) is 0.567. The Morgan fingerprint density at radius 3 is 2.63 bits per heavy atom. The van der Waals surface area contributed by atoms with Gasteiger partial charge in [-0.1, -0.05) is 15.9 Å². The van der Waals surface area contributed by atoms with Gasteiger partial charge in [-0.05, 0) is 44.0 Å². The molecule has 0 radical (unpaired) electrons. The zero-order chi connectivity index (χ0) is 21.9. The number of hydrogen-bond acceptors (Lipinski definition) is 7. The van der Waals surface area contributed by atoms with E-state index < -0.39 is 39.0 Å². The third-order valence-corrected chi connectivity index (χ3v) is 7.87. The predicted molar refractivity (Wildman–Crippen MR) is 112 cm³/mol. The van der Waals surface area contributed by atoms with Crippen LogP contribution in [0, 0.1) is 0 Å². The summed E-state index contributed by atoms with van der Waals surface area (Å²) in [6, 6.07) is 7.06. The van der Waals surface area contributed by atoms with Crippen LogP contribution in [0.3, 0.4) is 0 Å². The molecular weight excluding hydrogens is 480 g/mol. The topological polar surface area (TPSA) is 111 Å². The van der Waals surface area contributed by atoms with Gasteiger partial charge in [-0.25, -0.2) is 23.5 Å². The highest BCUT2D eigenvalue weighted by Crippen LogP contribution is 2.30. The van der Waals surface area contributed by atoms with E-state index in [0.29, 0.717) is 18.7 Å². The van der Waals surface area contributed by atoms with Crippen molar-refractivity contribution in [3.8, 4) is 0 Å². The molecule has 1 N–H and O–H groups in total. The minimum atomic E-state index is -3.86. The van der Waals surface area contributed by atoms with Crippen LogP contribution in [0.4, 0.5) is 10.5 Å². The summed E-state index contributed by atoms with van der Waals surface area (Å²) in [5, 5.41) is 0. The number of sulfone groups is 1. The highest BCUT2D eigenvalue weighted by molar-refractivity contribution is 9.10. The average Bonchev–Trinajstić information content (AvgIpc) is 3.06. The van der Waals surface area contributed by atoms with Crippen molar-refractivity contribution in [1.29, 1.82) is 0 Å². The Morgan fingerprint density at radius 2 is 2.03 bits per heavy atom. The standard InChI is InChI=1S/C19H25BrN2O7S/c1-19(30(2,25)26,17(23)21-29-16-5-3-4-10-27-16)11-15-12-22(18(24)28-15)14-8-6-13(20)7-9-14/h6-9,15-16H,3-5,10-12H2,1-2H3,(H,21,23)/t15-,16?,19+/m0/s1. The summed E-state index contributed by atoms with van der Waals surface area (Å²) >= 11 is 3.34. The van der Waals surface area contributed by atoms with Crippen LogP contribution in [-0.4, -0.2) is 57.0 Å². The number of benzene rings is 1. The van der Waals surface area contributed by atoms with E-state index in [0.717, 1.165) is 23.6 Å². The van der Waals surface area contributed by atoms with Gasteiger partial charge in [-0.2, -0.15) is 0 Å². The molecule has 9 nitrogen and oxygen atoms in total. The molecule has 2 saturated heterocycles. The van der Waals surface area contributed by atoms with E-state index in [1.54, 1.807) is 24.3 Å². The summed E-state index contributed by atoms with van der Waals surface area (Å²) in [7, 11) is -3.86. The zero-order valence-corrected chi connectivity index (χ0v) is 19.2. The fraction of sp³-hybridized carbons (Fsp3) is 0.579. The van der Waals surface area contributed by atoms with E-state index in [4.69, 9.17) is 14.3 Å². The Labute approximate surface area is 184 Å². The van der Waals surface area contributed by atoms with Crippen LogP contribution in [0.2, 0.25) is 0 Å². The average molecular weight is 505 g/mol. The van der Waals surface area contributed by atoms with Gasteiger partial charge in [-0.15, -0.1) is 0 Å².